The van der Waals surface area contributed by atoms with Crippen molar-refractivity contribution >= 4 is 15.9 Å². The minimum Gasteiger partial charge on any atom is -0.495 e. The molecule has 0 bridgehead atoms. The molecule has 5 nitrogen and oxygen atoms in total. The third-order valence-corrected chi connectivity index (χ3v) is 3.28. The molecule has 0 spiro atoms. The number of rotatable bonds is 5. The molecule has 2 heterocycles. The lowest BCUT2D eigenvalue weighted by atomic mass is 10.0. The van der Waals surface area contributed by atoms with Crippen LogP contribution < -0.4 is 16.0 Å². The van der Waals surface area contributed by atoms with Crippen molar-refractivity contribution in [3.05, 3.63) is 52.5 Å². The maximum absolute atomic E-state index is 5.64. The van der Waals surface area contributed by atoms with E-state index in [4.69, 9.17) is 10.6 Å². The zero-order valence-electron chi connectivity index (χ0n) is 10.5. The molecule has 100 valence electrons. The number of hydrazine groups is 1. The van der Waals surface area contributed by atoms with E-state index in [1.54, 1.807) is 25.7 Å². The Kier molecular flexibility index (Phi) is 4.84. The van der Waals surface area contributed by atoms with Gasteiger partial charge in [-0.25, -0.2) is 0 Å². The van der Waals surface area contributed by atoms with E-state index in [1.807, 2.05) is 18.2 Å². The smallest absolute Gasteiger partial charge is 0.141 e. The molecule has 2 aromatic heterocycles. The Bertz CT molecular complexity index is 532. The average molecular weight is 323 g/mol. The highest BCUT2D eigenvalue weighted by atomic mass is 79.9. The number of hydrogen-bond donors (Lipinski definition) is 2. The third kappa shape index (κ3) is 3.50. The molecule has 0 saturated heterocycles. The SMILES string of the molecule is COc1cnccc1C(Cc1ccc(Br)cn1)NN. The molecular weight excluding hydrogens is 308 g/mol. The van der Waals surface area contributed by atoms with Crippen LogP contribution in [0.4, 0.5) is 0 Å². The van der Waals surface area contributed by atoms with Crippen molar-refractivity contribution in [2.75, 3.05) is 7.11 Å². The summed E-state index contributed by atoms with van der Waals surface area (Å²) in [6.45, 7) is 0. The molecule has 0 aliphatic rings. The summed E-state index contributed by atoms with van der Waals surface area (Å²) in [5.74, 6) is 6.35. The number of nitrogens with two attached hydrogens (primary N) is 1. The van der Waals surface area contributed by atoms with E-state index in [1.165, 1.54) is 0 Å². The first kappa shape index (κ1) is 13.9. The van der Waals surface area contributed by atoms with Gasteiger partial charge in [0.25, 0.3) is 0 Å². The summed E-state index contributed by atoms with van der Waals surface area (Å²) < 4.78 is 6.25. The van der Waals surface area contributed by atoms with Crippen LogP contribution in [0.25, 0.3) is 0 Å². The maximum Gasteiger partial charge on any atom is 0.141 e. The Morgan fingerprint density at radius 2 is 2.21 bits per heavy atom. The zero-order chi connectivity index (χ0) is 13.7. The number of nitrogens with one attached hydrogen (secondary N) is 1. The Morgan fingerprint density at radius 1 is 1.37 bits per heavy atom. The molecule has 0 radical (unpaired) electrons. The van der Waals surface area contributed by atoms with E-state index in [9.17, 15) is 0 Å². The van der Waals surface area contributed by atoms with Crippen molar-refractivity contribution in [2.45, 2.75) is 12.5 Å². The summed E-state index contributed by atoms with van der Waals surface area (Å²) >= 11 is 3.37. The first-order chi connectivity index (χ1) is 9.24. The average Bonchev–Trinajstić information content (AvgIpc) is 2.46. The van der Waals surface area contributed by atoms with Crippen molar-refractivity contribution in [3.63, 3.8) is 0 Å². The van der Waals surface area contributed by atoms with Gasteiger partial charge >= 0.3 is 0 Å². The van der Waals surface area contributed by atoms with Crippen LogP contribution >= 0.6 is 15.9 Å². The molecule has 1 atom stereocenters. The molecule has 0 aliphatic heterocycles. The summed E-state index contributed by atoms with van der Waals surface area (Å²) in [4.78, 5) is 8.38. The van der Waals surface area contributed by atoms with Gasteiger partial charge in [0.05, 0.1) is 19.3 Å². The second-order valence-electron chi connectivity index (χ2n) is 4.01. The van der Waals surface area contributed by atoms with Crippen LogP contribution in [-0.4, -0.2) is 17.1 Å². The Hall–Kier alpha value is -1.50. The van der Waals surface area contributed by atoms with Gasteiger partial charge in [0.2, 0.25) is 0 Å². The Labute approximate surface area is 120 Å². The van der Waals surface area contributed by atoms with E-state index in [0.717, 1.165) is 15.7 Å². The molecule has 2 rings (SSSR count). The normalized spacial score (nSPS) is 12.2. The molecule has 6 heteroatoms. The predicted octanol–water partition coefficient (Wildman–Crippen LogP) is 1.99. The van der Waals surface area contributed by atoms with E-state index in [0.29, 0.717) is 12.2 Å². The molecule has 0 amide bonds. The number of pyridine rings is 2. The van der Waals surface area contributed by atoms with E-state index in [2.05, 4.69) is 31.3 Å². The van der Waals surface area contributed by atoms with Crippen LogP contribution in [0, 0.1) is 0 Å². The molecule has 19 heavy (non-hydrogen) atoms. The summed E-state index contributed by atoms with van der Waals surface area (Å²) in [7, 11) is 1.62. The zero-order valence-corrected chi connectivity index (χ0v) is 12.1. The van der Waals surface area contributed by atoms with Gasteiger partial charge in [-0.1, -0.05) is 0 Å². The van der Waals surface area contributed by atoms with Gasteiger partial charge in [-0.05, 0) is 34.1 Å². The lowest BCUT2D eigenvalue weighted by Crippen LogP contribution is -2.30. The molecule has 2 aromatic rings. The fourth-order valence-corrected chi connectivity index (χ4v) is 2.08. The van der Waals surface area contributed by atoms with E-state index >= 15 is 0 Å². The van der Waals surface area contributed by atoms with Gasteiger partial charge in [-0.3, -0.25) is 21.2 Å². The second-order valence-corrected chi connectivity index (χ2v) is 4.92. The van der Waals surface area contributed by atoms with Crippen molar-refractivity contribution in [1.29, 1.82) is 0 Å². The number of nitrogens with zero attached hydrogens (tertiary/aromatic N) is 2. The number of aromatic nitrogens is 2. The van der Waals surface area contributed by atoms with Crippen LogP contribution in [0.1, 0.15) is 17.3 Å². The molecule has 0 aromatic carbocycles. The van der Waals surface area contributed by atoms with Crippen molar-refractivity contribution in [3.8, 4) is 5.75 Å². The number of ether oxygens (including phenoxy) is 1. The van der Waals surface area contributed by atoms with Gasteiger partial charge in [-0.15, -0.1) is 0 Å². The highest BCUT2D eigenvalue weighted by Crippen LogP contribution is 2.25. The molecule has 0 fully saturated rings. The third-order valence-electron chi connectivity index (χ3n) is 2.81. The fraction of sp³-hybridized carbons (Fsp3) is 0.231. The summed E-state index contributed by atoms with van der Waals surface area (Å²) in [6, 6.07) is 5.73. The molecule has 3 N–H and O–H groups in total. The first-order valence-corrected chi connectivity index (χ1v) is 6.58. The maximum atomic E-state index is 5.64. The van der Waals surface area contributed by atoms with Crippen LogP contribution in [0.3, 0.4) is 0 Å². The van der Waals surface area contributed by atoms with Gasteiger partial charge in [-0.2, -0.15) is 0 Å². The lowest BCUT2D eigenvalue weighted by molar-refractivity contribution is 0.396. The Morgan fingerprint density at radius 3 is 2.84 bits per heavy atom. The summed E-state index contributed by atoms with van der Waals surface area (Å²) in [5.41, 5.74) is 4.71. The van der Waals surface area contributed by atoms with Crippen LogP contribution in [0.2, 0.25) is 0 Å². The van der Waals surface area contributed by atoms with Crippen molar-refractivity contribution in [1.82, 2.24) is 15.4 Å². The molecule has 0 saturated carbocycles. The Balaban J connectivity index is 2.22. The van der Waals surface area contributed by atoms with Gasteiger partial charge in [0.1, 0.15) is 5.75 Å². The first-order valence-electron chi connectivity index (χ1n) is 5.79. The van der Waals surface area contributed by atoms with E-state index < -0.39 is 0 Å². The van der Waals surface area contributed by atoms with Crippen LogP contribution in [0.5, 0.6) is 5.75 Å². The van der Waals surface area contributed by atoms with Crippen LogP contribution in [0.15, 0.2) is 41.3 Å². The quantitative estimate of drug-likeness (QED) is 0.650. The minimum absolute atomic E-state index is 0.0772. The van der Waals surface area contributed by atoms with Crippen molar-refractivity contribution in [2.24, 2.45) is 5.84 Å². The molecule has 0 aliphatic carbocycles. The highest BCUT2D eigenvalue weighted by molar-refractivity contribution is 9.10. The number of methoxy groups -OCH3 is 1. The van der Waals surface area contributed by atoms with Gasteiger partial charge < -0.3 is 4.74 Å². The predicted molar refractivity (Wildman–Crippen MR) is 76.5 cm³/mol. The van der Waals surface area contributed by atoms with Gasteiger partial charge in [0.15, 0.2) is 0 Å². The highest BCUT2D eigenvalue weighted by Gasteiger charge is 2.15. The summed E-state index contributed by atoms with van der Waals surface area (Å²) in [6.07, 6.45) is 5.84. The van der Waals surface area contributed by atoms with Gasteiger partial charge in [0, 0.05) is 34.5 Å². The number of halogens is 1. The number of hydrogen-bond acceptors (Lipinski definition) is 5. The summed E-state index contributed by atoms with van der Waals surface area (Å²) in [5, 5.41) is 0. The topological polar surface area (TPSA) is 73.1 Å². The van der Waals surface area contributed by atoms with Crippen LogP contribution in [-0.2, 0) is 6.42 Å². The van der Waals surface area contributed by atoms with Crippen molar-refractivity contribution < 1.29 is 4.74 Å². The largest absolute Gasteiger partial charge is 0.495 e. The minimum atomic E-state index is -0.0772. The lowest BCUT2D eigenvalue weighted by Gasteiger charge is -2.18. The van der Waals surface area contributed by atoms with E-state index in [-0.39, 0.29) is 6.04 Å². The molecular formula is C13H15BrN4O. The monoisotopic (exact) mass is 322 g/mol. The fourth-order valence-electron chi connectivity index (χ4n) is 1.84. The molecule has 1 unspecified atom stereocenters. The second kappa shape index (κ2) is 6.60. The standard InChI is InChI=1S/C13H15BrN4O/c1-19-13-8-16-5-4-11(13)12(18-15)6-10-3-2-9(14)7-17-10/h2-5,7-8,12,18H,6,15H2,1H3.